The predicted octanol–water partition coefficient (Wildman–Crippen LogP) is 7.75. The van der Waals surface area contributed by atoms with E-state index in [0.717, 1.165) is 25.7 Å². The van der Waals surface area contributed by atoms with E-state index in [-0.39, 0.29) is 47.4 Å². The molecule has 0 saturated carbocycles. The molecule has 0 amide bonds. The minimum atomic E-state index is -0.757. The number of allylic oxidation sites excluding steroid dienone is 3. The second-order valence-electron chi connectivity index (χ2n) is 12.2. The molecule has 1 aliphatic carbocycles. The molecule has 1 aliphatic rings. The van der Waals surface area contributed by atoms with Gasteiger partial charge in [0.1, 0.15) is 11.3 Å². The van der Waals surface area contributed by atoms with Gasteiger partial charge in [-0.2, -0.15) is 0 Å². The second kappa shape index (κ2) is 16.0. The number of ether oxygens (including phenoxy) is 2. The molecule has 1 rings (SSSR count). The first kappa shape index (κ1) is 33.8. The fourth-order valence-corrected chi connectivity index (χ4v) is 4.64. The van der Waals surface area contributed by atoms with E-state index in [9.17, 15) is 19.2 Å². The van der Waals surface area contributed by atoms with Crippen molar-refractivity contribution in [2.45, 2.75) is 121 Å². The largest absolute Gasteiger partial charge is 0.429 e. The van der Waals surface area contributed by atoms with Crippen molar-refractivity contribution in [2.75, 3.05) is 0 Å². The average Bonchev–Trinajstić information content (AvgIpc) is 2.83. The van der Waals surface area contributed by atoms with Gasteiger partial charge in [0.15, 0.2) is 17.3 Å². The quantitative estimate of drug-likeness (QED) is 0.189. The molecular formula is C32H52O6. The maximum absolute atomic E-state index is 14.4. The number of Topliss-reactive ketones (excluding diaryl/α,β-unsaturated/α-hetero) is 2. The monoisotopic (exact) mass is 532 g/mol. The summed E-state index contributed by atoms with van der Waals surface area (Å²) in [6.45, 7) is 19.6. The summed E-state index contributed by atoms with van der Waals surface area (Å²) in [5, 5.41) is 0. The van der Waals surface area contributed by atoms with E-state index in [1.165, 1.54) is 0 Å². The molecule has 0 spiro atoms. The van der Waals surface area contributed by atoms with E-state index in [4.69, 9.17) is 9.47 Å². The maximum Gasteiger partial charge on any atom is 0.310 e. The first-order valence-corrected chi connectivity index (χ1v) is 14.7. The Hall–Kier alpha value is -2.24. The summed E-state index contributed by atoms with van der Waals surface area (Å²) in [4.78, 5) is 53.4. The van der Waals surface area contributed by atoms with Crippen LogP contribution in [0.25, 0.3) is 0 Å². The zero-order valence-electron chi connectivity index (χ0n) is 25.6. The van der Waals surface area contributed by atoms with Crippen LogP contribution in [0.5, 0.6) is 0 Å². The summed E-state index contributed by atoms with van der Waals surface area (Å²) >= 11 is 0. The van der Waals surface area contributed by atoms with Crippen molar-refractivity contribution in [2.24, 2.45) is 35.5 Å². The Morgan fingerprint density at radius 3 is 1.61 bits per heavy atom. The van der Waals surface area contributed by atoms with Crippen molar-refractivity contribution in [1.82, 2.24) is 0 Å². The number of hydrogen-bond acceptors (Lipinski definition) is 6. The number of hydrogen-bond donors (Lipinski definition) is 0. The zero-order chi connectivity index (χ0) is 29.2. The Balaban J connectivity index is 4.01. The fraction of sp³-hybridized carbons (Fsp3) is 0.750. The van der Waals surface area contributed by atoms with Gasteiger partial charge in [-0.05, 0) is 49.4 Å². The first-order chi connectivity index (χ1) is 17.7. The topological polar surface area (TPSA) is 86.7 Å². The first-order valence-electron chi connectivity index (χ1n) is 14.7. The summed E-state index contributed by atoms with van der Waals surface area (Å²) in [6.07, 6.45) is 4.68. The zero-order valence-corrected chi connectivity index (χ0v) is 25.6. The van der Waals surface area contributed by atoms with Crippen LogP contribution >= 0.6 is 0 Å². The van der Waals surface area contributed by atoms with Crippen LogP contribution < -0.4 is 0 Å². The van der Waals surface area contributed by atoms with Gasteiger partial charge in [-0.1, -0.05) is 82.1 Å². The van der Waals surface area contributed by atoms with Gasteiger partial charge in [-0.15, -0.1) is 0 Å². The number of rotatable bonds is 16. The highest BCUT2D eigenvalue weighted by atomic mass is 16.6. The van der Waals surface area contributed by atoms with Crippen molar-refractivity contribution in [3.63, 3.8) is 0 Å². The van der Waals surface area contributed by atoms with E-state index >= 15 is 0 Å². The predicted molar refractivity (Wildman–Crippen MR) is 151 cm³/mol. The summed E-state index contributed by atoms with van der Waals surface area (Å²) in [7, 11) is 0. The highest BCUT2D eigenvalue weighted by molar-refractivity contribution is 6.10. The average molecular weight is 533 g/mol. The molecule has 0 unspecified atom stereocenters. The van der Waals surface area contributed by atoms with Gasteiger partial charge in [-0.3, -0.25) is 19.2 Å². The standard InChI is InChI=1S/C32H52O6/c1-11-25(33)37-31-24(18-15-21(7)8)30(36)27(23(16-13-19(3)4)17-14-20(5)6)32(38-26(34)12-2)28(31)29(35)22(9)10/h19-23,27H,11-18H2,1-10H3/t27-/m0/s1. The molecule has 216 valence electrons. The van der Waals surface area contributed by atoms with E-state index in [2.05, 4.69) is 41.5 Å². The minimum absolute atomic E-state index is 0.00261. The van der Waals surface area contributed by atoms with Gasteiger partial charge in [0, 0.05) is 24.3 Å². The highest BCUT2D eigenvalue weighted by Gasteiger charge is 2.45. The van der Waals surface area contributed by atoms with Crippen LogP contribution in [0.15, 0.2) is 22.7 Å². The molecule has 6 nitrogen and oxygen atoms in total. The minimum Gasteiger partial charge on any atom is -0.429 e. The lowest BCUT2D eigenvalue weighted by atomic mass is 9.71. The summed E-state index contributed by atoms with van der Waals surface area (Å²) in [6, 6.07) is 0. The Labute approximate surface area is 231 Å². The van der Waals surface area contributed by atoms with Crippen LogP contribution in [0.3, 0.4) is 0 Å². The normalized spacial score (nSPS) is 16.5. The van der Waals surface area contributed by atoms with E-state index in [0.29, 0.717) is 36.2 Å². The van der Waals surface area contributed by atoms with Crippen molar-refractivity contribution < 1.29 is 28.7 Å². The molecule has 0 radical (unpaired) electrons. The Morgan fingerprint density at radius 1 is 0.711 bits per heavy atom. The van der Waals surface area contributed by atoms with Crippen LogP contribution in [0.4, 0.5) is 0 Å². The van der Waals surface area contributed by atoms with Crippen molar-refractivity contribution in [3.8, 4) is 0 Å². The second-order valence-corrected chi connectivity index (χ2v) is 12.2. The molecule has 0 aromatic heterocycles. The third-order valence-corrected chi connectivity index (χ3v) is 7.07. The number of carbonyl (C=O) groups is 4. The molecular weight excluding hydrogens is 480 g/mol. The van der Waals surface area contributed by atoms with E-state index < -0.39 is 23.8 Å². The molecule has 0 heterocycles. The fourth-order valence-electron chi connectivity index (χ4n) is 4.64. The molecule has 0 bridgehead atoms. The van der Waals surface area contributed by atoms with E-state index in [1.54, 1.807) is 27.7 Å². The molecule has 38 heavy (non-hydrogen) atoms. The molecule has 6 heteroatoms. The van der Waals surface area contributed by atoms with Crippen molar-refractivity contribution in [3.05, 3.63) is 22.7 Å². The number of ketones is 2. The maximum atomic E-state index is 14.4. The molecule has 0 aromatic rings. The lowest BCUT2D eigenvalue weighted by Crippen LogP contribution is -2.37. The van der Waals surface area contributed by atoms with Crippen LogP contribution in [-0.2, 0) is 28.7 Å². The lowest BCUT2D eigenvalue weighted by Gasteiger charge is -2.35. The van der Waals surface area contributed by atoms with E-state index in [1.807, 2.05) is 0 Å². The molecule has 0 aromatic carbocycles. The van der Waals surface area contributed by atoms with Gasteiger partial charge in [0.2, 0.25) is 0 Å². The highest BCUT2D eigenvalue weighted by Crippen LogP contribution is 2.44. The van der Waals surface area contributed by atoms with Gasteiger partial charge in [-0.25, -0.2) is 0 Å². The number of carbonyl (C=O) groups excluding carboxylic acids is 4. The van der Waals surface area contributed by atoms with Crippen LogP contribution in [0.1, 0.15) is 121 Å². The SMILES string of the molecule is CCC(=O)OC1=C(CCC(C)C)C(=O)[C@H](C(CCC(C)C)CCC(C)C)C(OC(=O)CC)=C1C(=O)C(C)C. The molecule has 0 aliphatic heterocycles. The van der Waals surface area contributed by atoms with Crippen LogP contribution in [0, 0.1) is 35.5 Å². The van der Waals surface area contributed by atoms with Crippen LogP contribution in [-0.4, -0.2) is 23.5 Å². The number of esters is 2. The third kappa shape index (κ3) is 9.81. The van der Waals surface area contributed by atoms with Crippen molar-refractivity contribution in [1.29, 1.82) is 0 Å². The van der Waals surface area contributed by atoms with Gasteiger partial charge < -0.3 is 9.47 Å². The lowest BCUT2D eigenvalue weighted by molar-refractivity contribution is -0.141. The Bertz CT molecular complexity index is 891. The molecule has 1 atom stereocenters. The Kier molecular flexibility index (Phi) is 14.2. The molecule has 0 saturated heterocycles. The van der Waals surface area contributed by atoms with Crippen LogP contribution in [0.2, 0.25) is 0 Å². The molecule has 0 N–H and O–H groups in total. The van der Waals surface area contributed by atoms with Gasteiger partial charge in [0.05, 0.1) is 5.92 Å². The summed E-state index contributed by atoms with van der Waals surface area (Å²) in [5.74, 6) is -1.52. The molecule has 0 fully saturated rings. The smallest absolute Gasteiger partial charge is 0.310 e. The van der Waals surface area contributed by atoms with Gasteiger partial charge in [0.25, 0.3) is 0 Å². The summed E-state index contributed by atoms with van der Waals surface area (Å²) in [5.41, 5.74) is 0.482. The Morgan fingerprint density at radius 2 is 1.18 bits per heavy atom. The van der Waals surface area contributed by atoms with Crippen molar-refractivity contribution >= 4 is 23.5 Å². The van der Waals surface area contributed by atoms with Gasteiger partial charge >= 0.3 is 11.9 Å². The third-order valence-electron chi connectivity index (χ3n) is 7.07. The summed E-state index contributed by atoms with van der Waals surface area (Å²) < 4.78 is 11.7.